The smallest absolute Gasteiger partial charge is 0.408 e. The maximum absolute atomic E-state index is 11.6. The zero-order valence-electron chi connectivity index (χ0n) is 8.64. The molecule has 0 unspecified atom stereocenters. The van der Waals surface area contributed by atoms with E-state index in [2.05, 4.69) is 10.1 Å². The minimum atomic E-state index is -0.534. The molecule has 2 heterocycles. The number of amidine groups is 1. The van der Waals surface area contributed by atoms with Gasteiger partial charge in [0.25, 0.3) is 5.91 Å². The predicted molar refractivity (Wildman–Crippen MR) is 60.6 cm³/mol. The molecule has 1 aromatic heterocycles. The summed E-state index contributed by atoms with van der Waals surface area (Å²) in [7, 11) is 0. The Labute approximate surface area is 94.5 Å². The Morgan fingerprint density at radius 1 is 1.41 bits per heavy atom. The molecule has 86 valence electrons. The summed E-state index contributed by atoms with van der Waals surface area (Å²) < 4.78 is 4.90. The monoisotopic (exact) mass is 232 g/mol. The van der Waals surface area contributed by atoms with Crippen LogP contribution in [-0.4, -0.2) is 16.7 Å². The van der Waals surface area contributed by atoms with E-state index in [0.29, 0.717) is 16.8 Å². The van der Waals surface area contributed by atoms with Gasteiger partial charge in [0.05, 0.1) is 17.6 Å². The number of H-pyrrole nitrogens is 1. The summed E-state index contributed by atoms with van der Waals surface area (Å²) in [6.45, 7) is 0. The number of nitrogens with two attached hydrogens (primary N) is 1. The van der Waals surface area contributed by atoms with Gasteiger partial charge < -0.3 is 10.2 Å². The Balaban J connectivity index is 2.12. The van der Waals surface area contributed by atoms with Crippen LogP contribution in [0.2, 0.25) is 0 Å². The van der Waals surface area contributed by atoms with Gasteiger partial charge in [0, 0.05) is 6.07 Å². The summed E-state index contributed by atoms with van der Waals surface area (Å²) in [6.07, 6.45) is 0.106. The fourth-order valence-electron chi connectivity index (χ4n) is 1.72. The van der Waals surface area contributed by atoms with Crippen molar-refractivity contribution in [3.05, 3.63) is 28.7 Å². The second-order valence-corrected chi connectivity index (χ2v) is 3.67. The quantitative estimate of drug-likeness (QED) is 0.728. The Kier molecular flexibility index (Phi) is 1.82. The zero-order valence-corrected chi connectivity index (χ0v) is 8.64. The topological polar surface area (TPSA) is 105 Å². The van der Waals surface area contributed by atoms with Crippen molar-refractivity contribution in [1.29, 1.82) is 0 Å². The number of oxazole rings is 1. The fourth-order valence-corrected chi connectivity index (χ4v) is 1.72. The highest BCUT2D eigenvalue weighted by Crippen LogP contribution is 2.23. The van der Waals surface area contributed by atoms with Crippen molar-refractivity contribution < 1.29 is 9.21 Å². The molecule has 0 saturated heterocycles. The highest BCUT2D eigenvalue weighted by molar-refractivity contribution is 6.11. The lowest BCUT2D eigenvalue weighted by molar-refractivity contribution is -0.116. The average Bonchev–Trinajstić information content (AvgIpc) is 2.78. The molecule has 7 heteroatoms. The maximum atomic E-state index is 11.6. The van der Waals surface area contributed by atoms with E-state index in [-0.39, 0.29) is 18.2 Å². The van der Waals surface area contributed by atoms with Gasteiger partial charge in [-0.1, -0.05) is 0 Å². The summed E-state index contributed by atoms with van der Waals surface area (Å²) in [6, 6.07) is 4.87. The number of fused-ring (bicyclic) bond motifs is 1. The van der Waals surface area contributed by atoms with Crippen LogP contribution in [0.15, 0.2) is 32.5 Å². The van der Waals surface area contributed by atoms with Gasteiger partial charge in [-0.2, -0.15) is 10.1 Å². The molecule has 0 aliphatic carbocycles. The van der Waals surface area contributed by atoms with Crippen molar-refractivity contribution in [1.82, 2.24) is 4.98 Å². The first-order chi connectivity index (χ1) is 8.13. The van der Waals surface area contributed by atoms with E-state index >= 15 is 0 Å². The van der Waals surface area contributed by atoms with Crippen LogP contribution in [0.5, 0.6) is 0 Å². The molecule has 0 saturated carbocycles. The summed E-state index contributed by atoms with van der Waals surface area (Å²) in [5, 5.41) is 5.10. The van der Waals surface area contributed by atoms with E-state index in [1.807, 2.05) is 0 Å². The molecule has 1 aliphatic heterocycles. The second kappa shape index (κ2) is 3.21. The number of anilines is 1. The highest BCUT2D eigenvalue weighted by Gasteiger charge is 2.23. The van der Waals surface area contributed by atoms with E-state index < -0.39 is 5.76 Å². The Morgan fingerprint density at radius 3 is 2.94 bits per heavy atom. The molecule has 3 rings (SSSR count). The Morgan fingerprint density at radius 2 is 2.24 bits per heavy atom. The molecule has 1 amide bonds. The number of rotatable bonds is 1. The Hall–Kier alpha value is -2.57. The molecule has 0 radical (unpaired) electrons. The van der Waals surface area contributed by atoms with Gasteiger partial charge in [-0.15, -0.1) is 0 Å². The first kappa shape index (κ1) is 9.64. The normalized spacial score (nSPS) is 15.6. The van der Waals surface area contributed by atoms with Gasteiger partial charge >= 0.3 is 5.76 Å². The van der Waals surface area contributed by atoms with Gasteiger partial charge in [-0.3, -0.25) is 9.78 Å². The maximum Gasteiger partial charge on any atom is 0.417 e. The van der Waals surface area contributed by atoms with Crippen LogP contribution in [-0.2, 0) is 4.79 Å². The number of hydrogen-bond donors (Lipinski definition) is 2. The molecule has 2 aromatic rings. The summed E-state index contributed by atoms with van der Waals surface area (Å²) in [5.41, 5.74) is 6.94. The van der Waals surface area contributed by atoms with E-state index in [0.717, 1.165) is 0 Å². The van der Waals surface area contributed by atoms with Crippen LogP contribution in [0, 0.1) is 0 Å². The number of amides is 1. The van der Waals surface area contributed by atoms with Crippen LogP contribution in [0.4, 0.5) is 5.69 Å². The molecule has 0 bridgehead atoms. The summed E-state index contributed by atoms with van der Waals surface area (Å²) in [4.78, 5) is 25.1. The Bertz CT molecular complexity index is 697. The molecule has 0 fully saturated rings. The van der Waals surface area contributed by atoms with E-state index in [1.165, 1.54) is 5.01 Å². The van der Waals surface area contributed by atoms with Gasteiger partial charge in [-0.25, -0.2) is 4.79 Å². The molecule has 0 atom stereocenters. The minimum absolute atomic E-state index is 0.106. The lowest BCUT2D eigenvalue weighted by Gasteiger charge is -2.10. The van der Waals surface area contributed by atoms with Crippen molar-refractivity contribution >= 4 is 28.5 Å². The SMILES string of the molecule is NC1=NN(c2ccc3[nH]c(=O)oc3c2)C(=O)C1. The van der Waals surface area contributed by atoms with Crippen LogP contribution >= 0.6 is 0 Å². The van der Waals surface area contributed by atoms with Crippen LogP contribution in [0.1, 0.15) is 6.42 Å². The number of hydrazone groups is 1. The van der Waals surface area contributed by atoms with Crippen LogP contribution in [0.25, 0.3) is 11.1 Å². The third kappa shape index (κ3) is 1.48. The van der Waals surface area contributed by atoms with Gasteiger partial charge in [0.15, 0.2) is 5.58 Å². The molecule has 7 nitrogen and oxygen atoms in total. The molecule has 3 N–H and O–H groups in total. The lowest BCUT2D eigenvalue weighted by Crippen LogP contribution is -2.19. The number of nitrogens with zero attached hydrogens (tertiary/aromatic N) is 2. The van der Waals surface area contributed by atoms with Crippen molar-refractivity contribution in [3.8, 4) is 0 Å². The van der Waals surface area contributed by atoms with E-state index in [1.54, 1.807) is 18.2 Å². The standard InChI is InChI=1S/C10H8N4O3/c11-8-4-9(15)14(13-8)5-1-2-6-7(3-5)17-10(16)12-6/h1-3H,4H2,(H2,11,13)(H,12,16). The molecule has 17 heavy (non-hydrogen) atoms. The van der Waals surface area contributed by atoms with E-state index in [4.69, 9.17) is 10.2 Å². The largest absolute Gasteiger partial charge is 0.417 e. The van der Waals surface area contributed by atoms with E-state index in [9.17, 15) is 9.59 Å². The fraction of sp³-hybridized carbons (Fsp3) is 0.100. The van der Waals surface area contributed by atoms with Crippen molar-refractivity contribution in [3.63, 3.8) is 0 Å². The number of benzene rings is 1. The number of aromatic amines is 1. The van der Waals surface area contributed by atoms with Crippen LogP contribution < -0.4 is 16.5 Å². The van der Waals surface area contributed by atoms with Crippen molar-refractivity contribution in [2.75, 3.05) is 5.01 Å². The average molecular weight is 232 g/mol. The lowest BCUT2D eigenvalue weighted by atomic mass is 10.2. The molecular formula is C10H8N4O3. The minimum Gasteiger partial charge on any atom is -0.408 e. The number of carbonyl (C=O) groups is 1. The zero-order chi connectivity index (χ0) is 12.0. The highest BCUT2D eigenvalue weighted by atomic mass is 16.4. The first-order valence-electron chi connectivity index (χ1n) is 4.92. The predicted octanol–water partition coefficient (Wildman–Crippen LogP) is 0.130. The molecule has 1 aromatic carbocycles. The summed E-state index contributed by atoms with van der Waals surface area (Å²) >= 11 is 0. The molecular weight excluding hydrogens is 224 g/mol. The number of nitrogens with one attached hydrogen (secondary N) is 1. The van der Waals surface area contributed by atoms with Crippen molar-refractivity contribution in [2.24, 2.45) is 10.8 Å². The van der Waals surface area contributed by atoms with Crippen molar-refractivity contribution in [2.45, 2.75) is 6.42 Å². The number of aromatic nitrogens is 1. The second-order valence-electron chi connectivity index (χ2n) is 3.67. The third-order valence-electron chi connectivity index (χ3n) is 2.45. The number of hydrogen-bond acceptors (Lipinski definition) is 5. The summed E-state index contributed by atoms with van der Waals surface area (Å²) in [5.74, 6) is -0.474. The third-order valence-corrected chi connectivity index (χ3v) is 2.45. The first-order valence-corrected chi connectivity index (χ1v) is 4.92. The van der Waals surface area contributed by atoms with Gasteiger partial charge in [0.2, 0.25) is 0 Å². The van der Waals surface area contributed by atoms with Gasteiger partial charge in [0.1, 0.15) is 5.84 Å². The number of carbonyl (C=O) groups excluding carboxylic acids is 1. The molecule has 1 aliphatic rings. The van der Waals surface area contributed by atoms with Crippen LogP contribution in [0.3, 0.4) is 0 Å². The molecule has 0 spiro atoms. The van der Waals surface area contributed by atoms with Gasteiger partial charge in [-0.05, 0) is 12.1 Å².